The van der Waals surface area contributed by atoms with Gasteiger partial charge < -0.3 is 4.90 Å². The summed E-state index contributed by atoms with van der Waals surface area (Å²) in [5.41, 5.74) is 0.882. The Kier molecular flexibility index (Phi) is 4.42. The van der Waals surface area contributed by atoms with Crippen LogP contribution in [-0.2, 0) is 0 Å². The predicted octanol–water partition coefficient (Wildman–Crippen LogP) is 3.03. The molecule has 0 radical (unpaired) electrons. The van der Waals surface area contributed by atoms with Crippen molar-refractivity contribution in [3.8, 4) is 0 Å². The molecule has 1 aromatic rings. The minimum Gasteiger partial charge on any atom is -0.366 e. The molecule has 1 rings (SSSR count). The number of hydrogen-bond acceptors (Lipinski definition) is 4. The predicted molar refractivity (Wildman–Crippen MR) is 71.3 cm³/mol. The molecule has 0 fully saturated rings. The van der Waals surface area contributed by atoms with Gasteiger partial charge in [-0.2, -0.15) is 0 Å². The normalized spacial score (nSPS) is 12.0. The molecule has 1 unspecified atom stereocenters. The van der Waals surface area contributed by atoms with Crippen LogP contribution in [0.15, 0.2) is 18.2 Å². The van der Waals surface area contributed by atoms with Crippen molar-refractivity contribution in [1.29, 1.82) is 0 Å². The summed E-state index contributed by atoms with van der Waals surface area (Å²) in [7, 11) is 1.82. The van der Waals surface area contributed by atoms with Gasteiger partial charge in [0.05, 0.1) is 4.92 Å². The highest BCUT2D eigenvalue weighted by Gasteiger charge is 2.21. The van der Waals surface area contributed by atoms with Crippen molar-refractivity contribution in [2.45, 2.75) is 33.2 Å². The zero-order valence-corrected chi connectivity index (χ0v) is 11.1. The molecule has 5 heteroatoms. The molecule has 0 bridgehead atoms. The van der Waals surface area contributed by atoms with E-state index in [-0.39, 0.29) is 17.5 Å². The van der Waals surface area contributed by atoms with Crippen molar-refractivity contribution in [1.82, 2.24) is 0 Å². The average molecular weight is 250 g/mol. The molecule has 0 amide bonds. The number of hydrogen-bond donors (Lipinski definition) is 0. The molecule has 0 spiro atoms. The van der Waals surface area contributed by atoms with Crippen LogP contribution in [0.5, 0.6) is 0 Å². The van der Waals surface area contributed by atoms with E-state index in [1.807, 2.05) is 25.8 Å². The van der Waals surface area contributed by atoms with E-state index in [0.717, 1.165) is 6.42 Å². The molecule has 0 aliphatic carbocycles. The molecule has 0 saturated heterocycles. The maximum absolute atomic E-state index is 11.3. The average Bonchev–Trinajstić information content (AvgIpc) is 2.35. The van der Waals surface area contributed by atoms with Crippen molar-refractivity contribution in [3.05, 3.63) is 33.9 Å². The molecular weight excluding hydrogens is 232 g/mol. The van der Waals surface area contributed by atoms with Gasteiger partial charge in [0, 0.05) is 24.7 Å². The molecule has 0 aliphatic rings. The highest BCUT2D eigenvalue weighted by atomic mass is 16.6. The summed E-state index contributed by atoms with van der Waals surface area (Å²) in [6.45, 7) is 5.43. The van der Waals surface area contributed by atoms with Crippen molar-refractivity contribution >= 4 is 17.2 Å². The van der Waals surface area contributed by atoms with Crippen LogP contribution >= 0.6 is 0 Å². The van der Waals surface area contributed by atoms with Crippen LogP contribution in [0.1, 0.15) is 37.6 Å². The molecule has 5 nitrogen and oxygen atoms in total. The van der Waals surface area contributed by atoms with Gasteiger partial charge in [-0.1, -0.05) is 6.92 Å². The Balaban J connectivity index is 3.27. The highest BCUT2D eigenvalue weighted by Crippen LogP contribution is 2.30. The molecule has 0 aliphatic heterocycles. The molecule has 0 saturated carbocycles. The van der Waals surface area contributed by atoms with E-state index < -0.39 is 4.92 Å². The van der Waals surface area contributed by atoms with Gasteiger partial charge in [-0.05, 0) is 32.4 Å². The number of Topliss-reactive ketones (excluding diaryl/α,β-unsaturated/α-hetero) is 1. The topological polar surface area (TPSA) is 63.5 Å². The van der Waals surface area contributed by atoms with Crippen LogP contribution in [0.25, 0.3) is 0 Å². The smallest absolute Gasteiger partial charge is 0.293 e. The van der Waals surface area contributed by atoms with Gasteiger partial charge in [0.15, 0.2) is 5.78 Å². The Labute approximate surface area is 107 Å². The summed E-state index contributed by atoms with van der Waals surface area (Å²) in [6, 6.07) is 4.81. The summed E-state index contributed by atoms with van der Waals surface area (Å²) < 4.78 is 0. The van der Waals surface area contributed by atoms with Gasteiger partial charge >= 0.3 is 0 Å². The molecule has 1 aromatic carbocycles. The van der Waals surface area contributed by atoms with Crippen molar-refractivity contribution in [3.63, 3.8) is 0 Å². The summed E-state index contributed by atoms with van der Waals surface area (Å²) in [5.74, 6) is -0.171. The largest absolute Gasteiger partial charge is 0.366 e. The number of carbonyl (C=O) groups is 1. The first-order valence-corrected chi connectivity index (χ1v) is 5.90. The fraction of sp³-hybridized carbons (Fsp3) is 0.462. The Morgan fingerprint density at radius 3 is 2.56 bits per heavy atom. The minimum absolute atomic E-state index is 0.0227. The van der Waals surface area contributed by atoms with Crippen LogP contribution < -0.4 is 4.90 Å². The zero-order chi connectivity index (χ0) is 13.9. The van der Waals surface area contributed by atoms with Gasteiger partial charge in [0.2, 0.25) is 0 Å². The second kappa shape index (κ2) is 5.62. The van der Waals surface area contributed by atoms with Gasteiger partial charge in [-0.15, -0.1) is 0 Å². The van der Waals surface area contributed by atoms with Gasteiger partial charge in [0.25, 0.3) is 5.69 Å². The van der Waals surface area contributed by atoms with E-state index in [1.165, 1.54) is 13.0 Å². The molecule has 0 aromatic heterocycles. The minimum atomic E-state index is -0.444. The van der Waals surface area contributed by atoms with Gasteiger partial charge in [-0.3, -0.25) is 14.9 Å². The van der Waals surface area contributed by atoms with Crippen molar-refractivity contribution < 1.29 is 9.72 Å². The lowest BCUT2D eigenvalue weighted by Gasteiger charge is -2.25. The summed E-state index contributed by atoms with van der Waals surface area (Å²) in [5, 5.41) is 11.1. The van der Waals surface area contributed by atoms with Crippen LogP contribution in [0.2, 0.25) is 0 Å². The fourth-order valence-electron chi connectivity index (χ4n) is 1.70. The van der Waals surface area contributed by atoms with Gasteiger partial charge in [-0.25, -0.2) is 0 Å². The maximum Gasteiger partial charge on any atom is 0.293 e. The third-order valence-corrected chi connectivity index (χ3v) is 3.21. The van der Waals surface area contributed by atoms with Crippen LogP contribution in [0.4, 0.5) is 11.4 Å². The van der Waals surface area contributed by atoms with Gasteiger partial charge in [0.1, 0.15) is 5.69 Å². The quantitative estimate of drug-likeness (QED) is 0.457. The Morgan fingerprint density at radius 1 is 1.50 bits per heavy atom. The second-order valence-corrected chi connectivity index (χ2v) is 4.38. The lowest BCUT2D eigenvalue weighted by Crippen LogP contribution is -2.28. The number of nitro benzene ring substituents is 1. The number of nitrogens with zero attached hydrogens (tertiary/aromatic N) is 2. The van der Waals surface area contributed by atoms with E-state index in [9.17, 15) is 14.9 Å². The highest BCUT2D eigenvalue weighted by molar-refractivity contribution is 5.95. The van der Waals surface area contributed by atoms with E-state index >= 15 is 0 Å². The molecule has 18 heavy (non-hydrogen) atoms. The molecule has 98 valence electrons. The van der Waals surface area contributed by atoms with E-state index in [4.69, 9.17) is 0 Å². The van der Waals surface area contributed by atoms with Crippen molar-refractivity contribution in [2.75, 3.05) is 11.9 Å². The van der Waals surface area contributed by atoms with E-state index in [2.05, 4.69) is 0 Å². The first-order chi connectivity index (χ1) is 8.38. The monoisotopic (exact) mass is 250 g/mol. The molecule has 0 heterocycles. The summed E-state index contributed by atoms with van der Waals surface area (Å²) >= 11 is 0. The summed E-state index contributed by atoms with van der Waals surface area (Å²) in [6.07, 6.45) is 0.891. The number of ketones is 1. The number of carbonyl (C=O) groups excluding carboxylic acids is 1. The SMILES string of the molecule is CCC(C)N(C)c1ccc(C(C)=O)cc1[N+](=O)[O-]. The number of anilines is 1. The first-order valence-electron chi connectivity index (χ1n) is 5.90. The Morgan fingerprint density at radius 2 is 2.11 bits per heavy atom. The fourth-order valence-corrected chi connectivity index (χ4v) is 1.70. The first kappa shape index (κ1) is 14.2. The lowest BCUT2D eigenvalue weighted by atomic mass is 10.1. The second-order valence-electron chi connectivity index (χ2n) is 4.38. The van der Waals surface area contributed by atoms with Crippen LogP contribution in [0, 0.1) is 10.1 Å². The molecule has 1 atom stereocenters. The number of rotatable bonds is 5. The third kappa shape index (κ3) is 2.85. The lowest BCUT2D eigenvalue weighted by molar-refractivity contribution is -0.384. The molecular formula is C13H18N2O3. The van der Waals surface area contributed by atoms with E-state index in [1.54, 1.807) is 12.1 Å². The van der Waals surface area contributed by atoms with Crippen molar-refractivity contribution in [2.24, 2.45) is 0 Å². The maximum atomic E-state index is 11.3. The van der Waals surface area contributed by atoms with Crippen LogP contribution in [0.3, 0.4) is 0 Å². The van der Waals surface area contributed by atoms with Crippen LogP contribution in [-0.4, -0.2) is 23.8 Å². The summed E-state index contributed by atoms with van der Waals surface area (Å²) in [4.78, 5) is 23.8. The zero-order valence-electron chi connectivity index (χ0n) is 11.1. The Bertz CT molecular complexity index is 471. The standard InChI is InChI=1S/C13H18N2O3/c1-5-9(2)14(4)12-7-6-11(10(3)16)8-13(12)15(17)18/h6-9H,5H2,1-4H3. The molecule has 0 N–H and O–H groups in total. The number of benzene rings is 1. The van der Waals surface area contributed by atoms with E-state index in [0.29, 0.717) is 11.3 Å². The third-order valence-electron chi connectivity index (χ3n) is 3.21. The Hall–Kier alpha value is -1.91. The number of nitro groups is 1.